The minimum absolute atomic E-state index is 0.0702. The van der Waals surface area contributed by atoms with Gasteiger partial charge in [0.05, 0.1) is 39.5 Å². The molecule has 2 aliphatic heterocycles. The summed E-state index contributed by atoms with van der Waals surface area (Å²) in [4.78, 5) is 0. The Labute approximate surface area is 242 Å². The van der Waals surface area contributed by atoms with E-state index < -0.39 is 0 Å². The van der Waals surface area contributed by atoms with Gasteiger partial charge in [0.1, 0.15) is 6.17 Å². The van der Waals surface area contributed by atoms with Gasteiger partial charge in [-0.05, 0) is 53.6 Å². The molecule has 0 radical (unpaired) electrons. The lowest BCUT2D eigenvalue weighted by atomic mass is 9.97. The van der Waals surface area contributed by atoms with Crippen LogP contribution in [-0.4, -0.2) is 9.13 Å². The molecule has 0 spiro atoms. The monoisotopic (exact) mass is 538 g/mol. The summed E-state index contributed by atoms with van der Waals surface area (Å²) in [5.74, 6) is 0. The van der Waals surface area contributed by atoms with Crippen LogP contribution in [0.1, 0.15) is 17.8 Å². The third kappa shape index (κ3) is 2.81. The molecule has 4 heterocycles. The highest BCUT2D eigenvalue weighted by Crippen LogP contribution is 2.52. The number of aromatic nitrogens is 2. The first-order chi connectivity index (χ1) is 20.8. The smallest absolute Gasteiger partial charge is 0.129 e. The molecule has 2 aromatic heterocycles. The molecule has 0 bridgehead atoms. The summed E-state index contributed by atoms with van der Waals surface area (Å²) in [5.41, 5.74) is 12.3. The highest BCUT2D eigenvalue weighted by molar-refractivity contribution is 6.29. The van der Waals surface area contributed by atoms with Gasteiger partial charge < -0.3 is 19.8 Å². The second-order valence-electron chi connectivity index (χ2n) is 11.5. The van der Waals surface area contributed by atoms with Gasteiger partial charge in [0.25, 0.3) is 0 Å². The van der Waals surface area contributed by atoms with Crippen molar-refractivity contribution in [2.24, 2.45) is 0 Å². The number of nitrogens with zero attached hydrogens (tertiary/aromatic N) is 2. The van der Waals surface area contributed by atoms with Crippen LogP contribution >= 0.6 is 0 Å². The number of para-hydroxylation sites is 3. The minimum atomic E-state index is 0.0702. The first-order valence-corrected chi connectivity index (χ1v) is 14.6. The number of benzene rings is 6. The van der Waals surface area contributed by atoms with Crippen LogP contribution < -0.4 is 10.6 Å². The van der Waals surface area contributed by atoms with Crippen molar-refractivity contribution in [2.75, 3.05) is 10.6 Å². The zero-order chi connectivity index (χ0) is 27.4. The van der Waals surface area contributed by atoms with Gasteiger partial charge in [-0.1, -0.05) is 91.0 Å². The van der Waals surface area contributed by atoms with Crippen molar-refractivity contribution in [3.8, 4) is 16.8 Å². The molecule has 0 fully saturated rings. The maximum Gasteiger partial charge on any atom is 0.129 e. The molecule has 4 nitrogen and oxygen atoms in total. The normalized spacial score (nSPS) is 17.0. The van der Waals surface area contributed by atoms with Gasteiger partial charge in [-0.15, -0.1) is 0 Å². The highest BCUT2D eigenvalue weighted by Gasteiger charge is 2.39. The fourth-order valence-electron chi connectivity index (χ4n) is 7.62. The van der Waals surface area contributed by atoms with Gasteiger partial charge >= 0.3 is 0 Å². The number of fused-ring (bicyclic) bond motifs is 11. The van der Waals surface area contributed by atoms with Gasteiger partial charge in [-0.25, -0.2) is 0 Å². The fraction of sp³-hybridized carbons (Fsp3) is 0.0526. The summed E-state index contributed by atoms with van der Waals surface area (Å²) < 4.78 is 4.96. The fourth-order valence-corrected chi connectivity index (χ4v) is 7.62. The molecule has 10 rings (SSSR count). The average Bonchev–Trinajstić information content (AvgIpc) is 3.69. The van der Waals surface area contributed by atoms with Gasteiger partial charge in [0.15, 0.2) is 0 Å². The van der Waals surface area contributed by atoms with E-state index in [0.29, 0.717) is 0 Å². The Morgan fingerprint density at radius 2 is 1.24 bits per heavy atom. The van der Waals surface area contributed by atoms with Crippen molar-refractivity contribution in [1.82, 2.24) is 9.13 Å². The quantitative estimate of drug-likeness (QED) is 0.230. The van der Waals surface area contributed by atoms with Gasteiger partial charge in [-0.2, -0.15) is 0 Å². The van der Waals surface area contributed by atoms with E-state index in [1.807, 2.05) is 0 Å². The molecule has 42 heavy (non-hydrogen) atoms. The molecule has 8 aromatic rings. The van der Waals surface area contributed by atoms with E-state index >= 15 is 0 Å². The molecule has 0 amide bonds. The van der Waals surface area contributed by atoms with Crippen LogP contribution in [0.3, 0.4) is 0 Å². The molecular weight excluding hydrogens is 512 g/mol. The topological polar surface area (TPSA) is 33.9 Å². The Balaban J connectivity index is 1.23. The van der Waals surface area contributed by atoms with E-state index in [0.717, 1.165) is 11.4 Å². The van der Waals surface area contributed by atoms with Crippen molar-refractivity contribution < 1.29 is 0 Å². The van der Waals surface area contributed by atoms with Gasteiger partial charge in [-0.3, -0.25) is 0 Å². The molecule has 0 saturated heterocycles. The molecule has 198 valence electrons. The van der Waals surface area contributed by atoms with E-state index in [2.05, 4.69) is 153 Å². The van der Waals surface area contributed by atoms with E-state index in [1.54, 1.807) is 0 Å². The Bertz CT molecular complexity index is 2360. The Kier molecular flexibility index (Phi) is 4.26. The molecule has 2 unspecified atom stereocenters. The SMILES string of the molecule is c1ccc(-c2ccc3c(c2)NC2C(N3)c3cccc4c5c6c7ccccc7n(-c7ccccc7)c6ccc5n2c34)cc1. The number of rotatable bonds is 2. The molecule has 0 aliphatic carbocycles. The molecule has 4 heteroatoms. The maximum absolute atomic E-state index is 3.97. The van der Waals surface area contributed by atoms with E-state index in [9.17, 15) is 0 Å². The van der Waals surface area contributed by atoms with E-state index in [4.69, 9.17) is 0 Å². The lowest BCUT2D eigenvalue weighted by Crippen LogP contribution is -2.30. The number of hydrogen-bond acceptors (Lipinski definition) is 2. The molecule has 2 atom stereocenters. The van der Waals surface area contributed by atoms with Gasteiger partial charge in [0.2, 0.25) is 0 Å². The third-order valence-electron chi connectivity index (χ3n) is 9.34. The van der Waals surface area contributed by atoms with Crippen molar-refractivity contribution in [1.29, 1.82) is 0 Å². The Morgan fingerprint density at radius 3 is 2.12 bits per heavy atom. The molecule has 2 aliphatic rings. The van der Waals surface area contributed by atoms with Crippen LogP contribution in [0.15, 0.2) is 133 Å². The predicted molar refractivity (Wildman–Crippen MR) is 175 cm³/mol. The third-order valence-corrected chi connectivity index (χ3v) is 9.34. The number of nitrogens with one attached hydrogen (secondary N) is 2. The van der Waals surface area contributed by atoms with Gasteiger partial charge in [0, 0.05) is 32.8 Å². The number of anilines is 2. The van der Waals surface area contributed by atoms with Crippen LogP contribution in [0.2, 0.25) is 0 Å². The number of hydrogen-bond donors (Lipinski definition) is 2. The maximum atomic E-state index is 3.97. The van der Waals surface area contributed by atoms with Crippen LogP contribution in [0.4, 0.5) is 11.4 Å². The van der Waals surface area contributed by atoms with Crippen molar-refractivity contribution in [3.63, 3.8) is 0 Å². The lowest BCUT2D eigenvalue weighted by molar-refractivity contribution is 0.540. The molecule has 0 saturated carbocycles. The summed E-state index contributed by atoms with van der Waals surface area (Å²) >= 11 is 0. The van der Waals surface area contributed by atoms with Crippen LogP contribution in [-0.2, 0) is 0 Å². The Morgan fingerprint density at radius 1 is 0.500 bits per heavy atom. The summed E-state index contributed by atoms with van der Waals surface area (Å²) in [7, 11) is 0. The predicted octanol–water partition coefficient (Wildman–Crippen LogP) is 9.65. The first kappa shape index (κ1) is 22.2. The van der Waals surface area contributed by atoms with E-state index in [1.165, 1.54) is 66.0 Å². The largest absolute Gasteiger partial charge is 0.373 e. The Hall–Kier alpha value is -5.48. The standard InChI is InChI=1S/C38H26N4/c1-3-10-23(11-4-1)24-18-19-29-30(22-24)40-38-36(39-29)28-16-9-15-27-35-33(42(38)37(27)28)21-20-32-34(35)26-14-7-8-17-31(26)41(32)25-12-5-2-6-13-25/h1-22,36,38-40H. The lowest BCUT2D eigenvalue weighted by Gasteiger charge is -2.34. The molecule has 2 N–H and O–H groups in total. The second-order valence-corrected chi connectivity index (χ2v) is 11.5. The minimum Gasteiger partial charge on any atom is -0.373 e. The van der Waals surface area contributed by atoms with Crippen molar-refractivity contribution in [2.45, 2.75) is 12.2 Å². The van der Waals surface area contributed by atoms with Crippen LogP contribution in [0, 0.1) is 0 Å². The highest BCUT2D eigenvalue weighted by atomic mass is 15.3. The summed E-state index contributed by atoms with van der Waals surface area (Å²) in [6.07, 6.45) is 0.0702. The summed E-state index contributed by atoms with van der Waals surface area (Å²) in [6.45, 7) is 0. The first-order valence-electron chi connectivity index (χ1n) is 14.6. The average molecular weight is 539 g/mol. The van der Waals surface area contributed by atoms with Crippen LogP contribution in [0.5, 0.6) is 0 Å². The van der Waals surface area contributed by atoms with E-state index in [-0.39, 0.29) is 12.2 Å². The summed E-state index contributed by atoms with van der Waals surface area (Å²) in [5, 5.41) is 13.1. The second kappa shape index (κ2) is 8.05. The zero-order valence-electron chi connectivity index (χ0n) is 22.8. The van der Waals surface area contributed by atoms with Crippen molar-refractivity contribution >= 4 is 55.0 Å². The zero-order valence-corrected chi connectivity index (χ0v) is 22.8. The van der Waals surface area contributed by atoms with Crippen LogP contribution in [0.25, 0.3) is 60.4 Å². The molecular formula is C38H26N4. The summed E-state index contributed by atoms with van der Waals surface area (Å²) in [6, 6.07) is 48.5. The van der Waals surface area contributed by atoms with Crippen molar-refractivity contribution in [3.05, 3.63) is 139 Å². The molecule has 6 aromatic carbocycles.